The van der Waals surface area contributed by atoms with E-state index in [0.717, 1.165) is 10.9 Å². The summed E-state index contributed by atoms with van der Waals surface area (Å²) in [6.45, 7) is 5.79. The Kier molecular flexibility index (Phi) is 4.00. The molecule has 6 nitrogen and oxygen atoms in total. The molecule has 0 bridgehead atoms. The lowest BCUT2D eigenvalue weighted by molar-refractivity contribution is 0.438. The van der Waals surface area contributed by atoms with E-state index < -0.39 is 5.63 Å². The first-order chi connectivity index (χ1) is 11.5. The predicted molar refractivity (Wildman–Crippen MR) is 88.1 cm³/mol. The van der Waals surface area contributed by atoms with E-state index in [9.17, 15) is 4.79 Å². The van der Waals surface area contributed by atoms with Crippen LogP contribution in [0.5, 0.6) is 11.8 Å². The van der Waals surface area contributed by atoms with E-state index in [0.29, 0.717) is 17.0 Å². The van der Waals surface area contributed by atoms with Gasteiger partial charge in [0.1, 0.15) is 23.1 Å². The molecule has 24 heavy (non-hydrogen) atoms. The number of fused-ring (bicyclic) bond motifs is 1. The van der Waals surface area contributed by atoms with E-state index in [4.69, 9.17) is 14.4 Å². The van der Waals surface area contributed by atoms with Gasteiger partial charge in [0.25, 0.3) is 0 Å². The van der Waals surface area contributed by atoms with Gasteiger partial charge in [-0.3, -0.25) is 0 Å². The van der Waals surface area contributed by atoms with Crippen LogP contribution in [0, 0.1) is 18.3 Å². The molecule has 0 aliphatic heterocycles. The van der Waals surface area contributed by atoms with E-state index in [1.807, 2.05) is 26.0 Å². The number of rotatable bonds is 3. The van der Waals surface area contributed by atoms with Gasteiger partial charge in [0.2, 0.25) is 0 Å². The van der Waals surface area contributed by atoms with Crippen molar-refractivity contribution in [2.45, 2.75) is 26.7 Å². The number of nitriles is 1. The Morgan fingerprint density at radius 1 is 1.21 bits per heavy atom. The van der Waals surface area contributed by atoms with Crippen LogP contribution < -0.4 is 10.4 Å². The summed E-state index contributed by atoms with van der Waals surface area (Å²) in [6.07, 6.45) is 0. The molecule has 0 amide bonds. The lowest BCUT2D eigenvalue weighted by atomic mass is 10.00. The van der Waals surface area contributed by atoms with E-state index >= 15 is 0 Å². The molecule has 2 aromatic heterocycles. The van der Waals surface area contributed by atoms with Crippen molar-refractivity contribution in [2.24, 2.45) is 0 Å². The van der Waals surface area contributed by atoms with Crippen molar-refractivity contribution in [2.75, 3.05) is 0 Å². The number of nitrogens with zero attached hydrogens (tertiary/aromatic N) is 3. The molecule has 1 aromatic carbocycles. The summed E-state index contributed by atoms with van der Waals surface area (Å²) in [6, 6.07) is 10.3. The fourth-order valence-corrected chi connectivity index (χ4v) is 2.46. The topological polar surface area (TPSA) is 89.0 Å². The molecular weight excluding hydrogens is 306 g/mol. The number of hydrogen-bond acceptors (Lipinski definition) is 6. The van der Waals surface area contributed by atoms with Crippen LogP contribution >= 0.6 is 0 Å². The number of hydrogen-bond donors (Lipinski definition) is 0. The molecule has 0 spiro atoms. The van der Waals surface area contributed by atoms with Crippen molar-refractivity contribution in [3.8, 4) is 17.8 Å². The third-order valence-electron chi connectivity index (χ3n) is 3.53. The van der Waals surface area contributed by atoms with E-state index in [1.165, 1.54) is 6.07 Å². The van der Waals surface area contributed by atoms with Gasteiger partial charge in [-0.25, -0.2) is 9.78 Å². The second-order valence-electron chi connectivity index (χ2n) is 5.72. The molecule has 0 aliphatic rings. The van der Waals surface area contributed by atoms with E-state index in [-0.39, 0.29) is 17.6 Å². The summed E-state index contributed by atoms with van der Waals surface area (Å²) in [4.78, 5) is 19.9. The average Bonchev–Trinajstić information content (AvgIpc) is 2.53. The first-order valence-corrected chi connectivity index (χ1v) is 7.47. The molecule has 0 saturated carbocycles. The van der Waals surface area contributed by atoms with Crippen LogP contribution in [0.2, 0.25) is 0 Å². The van der Waals surface area contributed by atoms with Crippen molar-refractivity contribution in [1.82, 2.24) is 9.97 Å². The van der Waals surface area contributed by atoms with Gasteiger partial charge in [0.05, 0.1) is 0 Å². The smallest absolute Gasteiger partial charge is 0.336 e. The maximum atomic E-state index is 11.7. The maximum absolute atomic E-state index is 11.7. The third kappa shape index (κ3) is 3.10. The first kappa shape index (κ1) is 15.7. The Hall–Kier alpha value is -3.20. The number of benzene rings is 1. The van der Waals surface area contributed by atoms with Crippen LogP contribution in [-0.4, -0.2) is 9.97 Å². The minimum absolute atomic E-state index is 0.0771. The van der Waals surface area contributed by atoms with Gasteiger partial charge in [-0.2, -0.15) is 10.2 Å². The molecule has 2 heterocycles. The summed E-state index contributed by atoms with van der Waals surface area (Å²) in [7, 11) is 0. The van der Waals surface area contributed by atoms with Gasteiger partial charge >= 0.3 is 11.6 Å². The van der Waals surface area contributed by atoms with Gasteiger partial charge in [-0.05, 0) is 36.6 Å². The monoisotopic (exact) mass is 321 g/mol. The summed E-state index contributed by atoms with van der Waals surface area (Å²) >= 11 is 0. The van der Waals surface area contributed by atoms with Crippen LogP contribution in [-0.2, 0) is 0 Å². The van der Waals surface area contributed by atoms with E-state index in [2.05, 4.69) is 9.97 Å². The van der Waals surface area contributed by atoms with Crippen LogP contribution in [0.1, 0.15) is 36.7 Å². The zero-order valence-electron chi connectivity index (χ0n) is 13.5. The number of aromatic nitrogens is 2. The average molecular weight is 321 g/mol. The summed E-state index contributed by atoms with van der Waals surface area (Å²) in [5, 5.41) is 9.82. The minimum atomic E-state index is -0.401. The molecule has 0 unspecified atom stereocenters. The Labute approximate surface area is 138 Å². The Bertz CT molecular complexity index is 1020. The minimum Gasteiger partial charge on any atom is -0.424 e. The van der Waals surface area contributed by atoms with Gasteiger partial charge in [-0.15, -0.1) is 0 Å². The lowest BCUT2D eigenvalue weighted by Gasteiger charge is -2.10. The van der Waals surface area contributed by atoms with Crippen LogP contribution in [0.25, 0.3) is 11.0 Å². The number of aryl methyl sites for hydroxylation is 1. The highest BCUT2D eigenvalue weighted by Crippen LogP contribution is 2.28. The highest BCUT2D eigenvalue weighted by molar-refractivity contribution is 5.82. The molecular formula is C18H15N3O3. The molecule has 0 aliphatic carbocycles. The fourth-order valence-electron chi connectivity index (χ4n) is 2.46. The van der Waals surface area contributed by atoms with E-state index in [1.54, 1.807) is 25.1 Å². The lowest BCUT2D eigenvalue weighted by Crippen LogP contribution is -2.02. The Morgan fingerprint density at radius 3 is 2.71 bits per heavy atom. The van der Waals surface area contributed by atoms with Crippen molar-refractivity contribution in [1.29, 1.82) is 5.26 Å². The molecule has 0 N–H and O–H groups in total. The second-order valence-corrected chi connectivity index (χ2v) is 5.72. The number of ether oxygens (including phenoxy) is 1. The third-order valence-corrected chi connectivity index (χ3v) is 3.53. The fraction of sp³-hybridized carbons (Fsp3) is 0.222. The van der Waals surface area contributed by atoms with Gasteiger partial charge in [-0.1, -0.05) is 13.8 Å². The van der Waals surface area contributed by atoms with Crippen molar-refractivity contribution < 1.29 is 9.15 Å². The summed E-state index contributed by atoms with van der Waals surface area (Å²) in [5.41, 5.74) is 1.82. The van der Waals surface area contributed by atoms with Crippen LogP contribution in [0.4, 0.5) is 0 Å². The van der Waals surface area contributed by atoms with Gasteiger partial charge in [0.15, 0.2) is 0 Å². The molecule has 0 atom stereocenters. The first-order valence-electron chi connectivity index (χ1n) is 7.47. The standard InChI is InChI=1S/C18H15N3O3/c1-10(2)15-8-17(22)24-16-7-13(4-5-14(15)16)23-18-20-11(3)6-12(9-19)21-18/h4-8,10H,1-3H3. The van der Waals surface area contributed by atoms with Crippen molar-refractivity contribution in [3.05, 3.63) is 57.7 Å². The van der Waals surface area contributed by atoms with Crippen molar-refractivity contribution >= 4 is 11.0 Å². The quantitative estimate of drug-likeness (QED) is 0.684. The molecule has 0 fully saturated rings. The second kappa shape index (κ2) is 6.13. The summed E-state index contributed by atoms with van der Waals surface area (Å²) < 4.78 is 10.9. The summed E-state index contributed by atoms with van der Waals surface area (Å²) in [5.74, 6) is 0.628. The molecule has 6 heteroatoms. The van der Waals surface area contributed by atoms with Crippen LogP contribution in [0.15, 0.2) is 39.5 Å². The van der Waals surface area contributed by atoms with Gasteiger partial charge in [0, 0.05) is 23.2 Å². The highest BCUT2D eigenvalue weighted by atomic mass is 16.5. The Morgan fingerprint density at radius 2 is 2.00 bits per heavy atom. The largest absolute Gasteiger partial charge is 0.424 e. The zero-order chi connectivity index (χ0) is 17.3. The molecule has 120 valence electrons. The predicted octanol–water partition coefficient (Wildman–Crippen LogP) is 3.68. The Balaban J connectivity index is 2.04. The maximum Gasteiger partial charge on any atom is 0.336 e. The van der Waals surface area contributed by atoms with Crippen molar-refractivity contribution in [3.63, 3.8) is 0 Å². The SMILES string of the molecule is Cc1cc(C#N)nc(Oc2ccc3c(C(C)C)cc(=O)oc3c2)n1. The van der Waals surface area contributed by atoms with Gasteiger partial charge < -0.3 is 9.15 Å². The van der Waals surface area contributed by atoms with Crippen LogP contribution in [0.3, 0.4) is 0 Å². The zero-order valence-corrected chi connectivity index (χ0v) is 13.5. The normalized spacial score (nSPS) is 10.8. The highest BCUT2D eigenvalue weighted by Gasteiger charge is 2.11. The molecule has 3 aromatic rings. The molecule has 0 radical (unpaired) electrons. The molecule has 3 rings (SSSR count). The molecule has 0 saturated heterocycles.